The van der Waals surface area contributed by atoms with Crippen molar-refractivity contribution < 1.29 is 24.2 Å². The SMILES string of the molecule is C=C1C(=O)[C@@]23CO[C@H]4CC(=O)C(C)(C)[C@H]5[C@H](O)OC[C@@]45[C@@H]2CC[C@@H]1C3. The molecule has 5 fully saturated rings. The Morgan fingerprint density at radius 2 is 1.92 bits per heavy atom. The predicted octanol–water partition coefficient (Wildman–Crippen LogP) is 1.88. The van der Waals surface area contributed by atoms with E-state index in [2.05, 4.69) is 6.58 Å². The number of Topliss-reactive ketones (excluding diaryl/α,β-unsaturated/α-hetero) is 2. The van der Waals surface area contributed by atoms with Crippen molar-refractivity contribution in [3.8, 4) is 0 Å². The number of fused-ring (bicyclic) bond motifs is 1. The van der Waals surface area contributed by atoms with Crippen molar-refractivity contribution in [1.82, 2.24) is 0 Å². The molecule has 25 heavy (non-hydrogen) atoms. The van der Waals surface area contributed by atoms with Gasteiger partial charge in [0.05, 0.1) is 24.7 Å². The number of ketones is 2. The highest BCUT2D eigenvalue weighted by atomic mass is 16.6. The fourth-order valence-corrected chi connectivity index (χ4v) is 7.19. The fourth-order valence-electron chi connectivity index (χ4n) is 7.19. The van der Waals surface area contributed by atoms with Crippen LogP contribution in [0.2, 0.25) is 0 Å². The Morgan fingerprint density at radius 3 is 2.68 bits per heavy atom. The largest absolute Gasteiger partial charge is 0.376 e. The molecule has 0 aromatic carbocycles. The lowest BCUT2D eigenvalue weighted by molar-refractivity contribution is -0.237. The third-order valence-corrected chi connectivity index (χ3v) is 8.34. The summed E-state index contributed by atoms with van der Waals surface area (Å²) >= 11 is 0. The normalized spacial score (nSPS) is 53.4. The maximum absolute atomic E-state index is 13.2. The van der Waals surface area contributed by atoms with Gasteiger partial charge >= 0.3 is 0 Å². The van der Waals surface area contributed by atoms with E-state index in [9.17, 15) is 14.7 Å². The molecule has 5 rings (SSSR count). The number of aliphatic hydroxyl groups is 1. The van der Waals surface area contributed by atoms with Gasteiger partial charge in [0.25, 0.3) is 0 Å². The average Bonchev–Trinajstić information content (AvgIpc) is 3.01. The van der Waals surface area contributed by atoms with Crippen LogP contribution in [0.5, 0.6) is 0 Å². The van der Waals surface area contributed by atoms with E-state index in [1.165, 1.54) is 0 Å². The van der Waals surface area contributed by atoms with E-state index >= 15 is 0 Å². The minimum absolute atomic E-state index is 0.0938. The van der Waals surface area contributed by atoms with Gasteiger partial charge in [-0.2, -0.15) is 0 Å². The molecule has 5 nitrogen and oxygen atoms in total. The fraction of sp³-hybridized carbons (Fsp3) is 0.800. The van der Waals surface area contributed by atoms with Gasteiger partial charge in [-0.3, -0.25) is 9.59 Å². The second kappa shape index (κ2) is 4.62. The molecule has 1 N–H and O–H groups in total. The van der Waals surface area contributed by atoms with Crippen molar-refractivity contribution in [1.29, 1.82) is 0 Å². The summed E-state index contributed by atoms with van der Waals surface area (Å²) in [6.45, 7) is 8.65. The minimum atomic E-state index is -0.974. The predicted molar refractivity (Wildman–Crippen MR) is 88.4 cm³/mol. The number of ether oxygens (including phenoxy) is 2. The van der Waals surface area contributed by atoms with Crippen LogP contribution in [-0.4, -0.2) is 42.3 Å². The third-order valence-electron chi connectivity index (χ3n) is 8.34. The summed E-state index contributed by atoms with van der Waals surface area (Å²) in [6.07, 6.45) is 1.81. The van der Waals surface area contributed by atoms with Gasteiger partial charge in [-0.05, 0) is 36.7 Å². The topological polar surface area (TPSA) is 72.8 Å². The quantitative estimate of drug-likeness (QED) is 0.678. The Balaban J connectivity index is 1.69. The van der Waals surface area contributed by atoms with Gasteiger partial charge in [0.15, 0.2) is 12.1 Å². The van der Waals surface area contributed by atoms with Crippen LogP contribution in [0.25, 0.3) is 0 Å². The van der Waals surface area contributed by atoms with E-state index in [1.54, 1.807) is 0 Å². The molecule has 3 aliphatic carbocycles. The molecule has 2 heterocycles. The van der Waals surface area contributed by atoms with Crippen LogP contribution in [0, 0.1) is 34.0 Å². The number of carbonyl (C=O) groups is 2. The Kier molecular flexibility index (Phi) is 2.99. The molecule has 5 aliphatic rings. The third kappa shape index (κ3) is 1.62. The van der Waals surface area contributed by atoms with Crippen molar-refractivity contribution in [3.63, 3.8) is 0 Å². The number of carbonyl (C=O) groups excluding carboxylic acids is 2. The first-order chi connectivity index (χ1) is 11.7. The summed E-state index contributed by atoms with van der Waals surface area (Å²) in [5.41, 5.74) is -0.911. The van der Waals surface area contributed by atoms with Gasteiger partial charge in [-0.15, -0.1) is 0 Å². The zero-order valence-electron chi connectivity index (χ0n) is 14.9. The van der Waals surface area contributed by atoms with Gasteiger partial charge in [-0.25, -0.2) is 0 Å². The number of rotatable bonds is 0. The number of allylic oxidation sites excluding steroid dienone is 1. The molecule has 0 radical (unpaired) electrons. The molecule has 2 bridgehead atoms. The van der Waals surface area contributed by atoms with Crippen LogP contribution in [0.4, 0.5) is 0 Å². The van der Waals surface area contributed by atoms with E-state index in [0.717, 1.165) is 24.8 Å². The molecule has 0 unspecified atom stereocenters. The van der Waals surface area contributed by atoms with Crippen molar-refractivity contribution >= 4 is 11.6 Å². The molecular weight excluding hydrogens is 320 g/mol. The summed E-state index contributed by atoms with van der Waals surface area (Å²) in [4.78, 5) is 25.9. The summed E-state index contributed by atoms with van der Waals surface area (Å²) in [5.74, 6) is 0.310. The lowest BCUT2D eigenvalue weighted by Gasteiger charge is -2.62. The molecule has 5 heteroatoms. The molecule has 136 valence electrons. The van der Waals surface area contributed by atoms with Gasteiger partial charge in [0, 0.05) is 23.2 Å². The highest BCUT2D eigenvalue weighted by Gasteiger charge is 2.75. The second-order valence-corrected chi connectivity index (χ2v) is 9.48. The van der Waals surface area contributed by atoms with E-state index < -0.39 is 22.5 Å². The molecule has 7 atom stereocenters. The Bertz CT molecular complexity index is 696. The molecule has 0 amide bonds. The lowest BCUT2D eigenvalue weighted by atomic mass is 9.44. The molecular formula is C20H26O5. The van der Waals surface area contributed by atoms with Crippen molar-refractivity contribution in [2.45, 2.75) is 51.9 Å². The van der Waals surface area contributed by atoms with Crippen LogP contribution in [0.1, 0.15) is 39.5 Å². The van der Waals surface area contributed by atoms with Crippen LogP contribution in [-0.2, 0) is 19.1 Å². The number of hydrogen-bond acceptors (Lipinski definition) is 5. The molecule has 2 aliphatic heterocycles. The number of aliphatic hydroxyl groups excluding tert-OH is 1. The highest BCUT2D eigenvalue weighted by Crippen LogP contribution is 2.70. The van der Waals surface area contributed by atoms with Crippen molar-refractivity contribution in [3.05, 3.63) is 12.2 Å². The van der Waals surface area contributed by atoms with E-state index in [4.69, 9.17) is 9.47 Å². The smallest absolute Gasteiger partial charge is 0.167 e. The van der Waals surface area contributed by atoms with E-state index in [1.807, 2.05) is 13.8 Å². The summed E-state index contributed by atoms with van der Waals surface area (Å²) in [6, 6.07) is 0. The van der Waals surface area contributed by atoms with Crippen LogP contribution >= 0.6 is 0 Å². The summed E-state index contributed by atoms with van der Waals surface area (Å²) in [7, 11) is 0. The first kappa shape index (κ1) is 16.2. The lowest BCUT2D eigenvalue weighted by Crippen LogP contribution is -2.68. The maximum atomic E-state index is 13.2. The number of hydrogen-bond donors (Lipinski definition) is 1. The Morgan fingerprint density at radius 1 is 1.16 bits per heavy atom. The molecule has 0 aromatic rings. The molecule has 0 aromatic heterocycles. The second-order valence-electron chi connectivity index (χ2n) is 9.48. The first-order valence-electron chi connectivity index (χ1n) is 9.43. The van der Waals surface area contributed by atoms with Gasteiger partial charge < -0.3 is 14.6 Å². The highest BCUT2D eigenvalue weighted by molar-refractivity contribution is 6.03. The first-order valence-corrected chi connectivity index (χ1v) is 9.43. The zero-order valence-corrected chi connectivity index (χ0v) is 14.9. The average molecular weight is 346 g/mol. The van der Waals surface area contributed by atoms with E-state index in [-0.39, 0.29) is 35.4 Å². The van der Waals surface area contributed by atoms with Crippen LogP contribution in [0.3, 0.4) is 0 Å². The van der Waals surface area contributed by atoms with Crippen LogP contribution < -0.4 is 0 Å². The summed E-state index contributed by atoms with van der Waals surface area (Å²) < 4.78 is 12.0. The van der Waals surface area contributed by atoms with Crippen molar-refractivity contribution in [2.75, 3.05) is 13.2 Å². The Labute approximate surface area is 147 Å². The van der Waals surface area contributed by atoms with Gasteiger partial charge in [-0.1, -0.05) is 20.4 Å². The minimum Gasteiger partial charge on any atom is -0.376 e. The van der Waals surface area contributed by atoms with Gasteiger partial charge in [0.1, 0.15) is 5.78 Å². The van der Waals surface area contributed by atoms with Crippen molar-refractivity contribution in [2.24, 2.45) is 34.0 Å². The van der Waals surface area contributed by atoms with E-state index in [0.29, 0.717) is 19.6 Å². The molecule has 2 saturated heterocycles. The zero-order chi connectivity index (χ0) is 17.8. The van der Waals surface area contributed by atoms with Crippen LogP contribution in [0.15, 0.2) is 12.2 Å². The van der Waals surface area contributed by atoms with Gasteiger partial charge in [0.2, 0.25) is 0 Å². The molecule has 3 saturated carbocycles. The standard InChI is InChI=1S/C20H26O5/c1-10-11-4-5-12-19(7-11,16(10)22)8-24-14-6-13(21)18(2,3)15-17(23)25-9-20(12,14)15/h11-12,14-15,17,23H,1,4-9H2,2-3H3/t11-,12-,14+,15-,17-,19+,20-/m1/s1. The summed E-state index contributed by atoms with van der Waals surface area (Å²) in [5, 5.41) is 10.7. The molecule has 2 spiro atoms. The Hall–Kier alpha value is -1.04. The maximum Gasteiger partial charge on any atom is 0.167 e. The monoisotopic (exact) mass is 346 g/mol.